The summed E-state index contributed by atoms with van der Waals surface area (Å²) in [5, 5.41) is 23.2. The van der Waals surface area contributed by atoms with Gasteiger partial charge in [-0.3, -0.25) is 4.79 Å². The molecule has 1 amide bonds. The van der Waals surface area contributed by atoms with Crippen LogP contribution in [0.4, 0.5) is 15.9 Å². The van der Waals surface area contributed by atoms with Crippen molar-refractivity contribution >= 4 is 17.4 Å². The highest BCUT2D eigenvalue weighted by molar-refractivity contribution is 5.89. The Bertz CT molecular complexity index is 1110. The molecule has 6 nitrogen and oxygen atoms in total. The normalized spacial score (nSPS) is 14.5. The van der Waals surface area contributed by atoms with Gasteiger partial charge in [-0.2, -0.15) is 0 Å². The van der Waals surface area contributed by atoms with Crippen molar-refractivity contribution in [1.82, 2.24) is 4.98 Å². The molecule has 31 heavy (non-hydrogen) atoms. The Balaban J connectivity index is 1.66. The summed E-state index contributed by atoms with van der Waals surface area (Å²) >= 11 is 0. The van der Waals surface area contributed by atoms with Gasteiger partial charge in [0.25, 0.3) is 0 Å². The molecule has 2 aromatic carbocycles. The second-order valence-electron chi connectivity index (χ2n) is 7.70. The predicted molar refractivity (Wildman–Crippen MR) is 118 cm³/mol. The number of benzene rings is 2. The van der Waals surface area contributed by atoms with Gasteiger partial charge in [-0.1, -0.05) is 24.3 Å². The number of hydrogen-bond donors (Lipinski definition) is 3. The Morgan fingerprint density at radius 3 is 2.42 bits per heavy atom. The highest BCUT2D eigenvalue weighted by Crippen LogP contribution is 2.39. The smallest absolute Gasteiger partial charge is 0.221 e. The molecular weight excluding hydrogens is 397 g/mol. The van der Waals surface area contributed by atoms with Crippen molar-refractivity contribution in [2.45, 2.75) is 25.9 Å². The number of hydrogen-bond acceptors (Lipinski definition) is 5. The molecule has 1 aromatic heterocycles. The number of para-hydroxylation sites is 1. The topological polar surface area (TPSA) is 85.7 Å². The van der Waals surface area contributed by atoms with E-state index in [9.17, 15) is 19.4 Å². The van der Waals surface area contributed by atoms with Crippen LogP contribution in [0.1, 0.15) is 19.8 Å². The van der Waals surface area contributed by atoms with Crippen molar-refractivity contribution in [2.75, 3.05) is 23.3 Å². The van der Waals surface area contributed by atoms with E-state index in [4.69, 9.17) is 0 Å². The zero-order valence-corrected chi connectivity index (χ0v) is 17.2. The number of carbonyl (C=O) groups is 1. The van der Waals surface area contributed by atoms with E-state index >= 15 is 0 Å². The molecule has 1 aliphatic rings. The molecule has 2 heterocycles. The van der Waals surface area contributed by atoms with Crippen LogP contribution in [0.25, 0.3) is 22.3 Å². The molecule has 0 spiro atoms. The molecule has 0 radical (unpaired) electrons. The highest BCUT2D eigenvalue weighted by atomic mass is 19.1. The minimum atomic E-state index is -0.573. The van der Waals surface area contributed by atoms with E-state index in [0.29, 0.717) is 29.5 Å². The summed E-state index contributed by atoms with van der Waals surface area (Å²) in [6.45, 7) is 2.77. The summed E-state index contributed by atoms with van der Waals surface area (Å²) in [5.74, 6) is -0.0931. The Morgan fingerprint density at radius 2 is 1.77 bits per heavy atom. The van der Waals surface area contributed by atoms with Crippen molar-refractivity contribution < 1.29 is 19.4 Å². The summed E-state index contributed by atoms with van der Waals surface area (Å²) in [6, 6.07) is 13.5. The predicted octanol–water partition coefficient (Wildman–Crippen LogP) is 4.18. The number of anilines is 2. The van der Waals surface area contributed by atoms with E-state index in [0.717, 1.165) is 24.5 Å². The zero-order chi connectivity index (χ0) is 22.0. The lowest BCUT2D eigenvalue weighted by molar-refractivity contribution is -0.114. The monoisotopic (exact) mass is 421 g/mol. The molecule has 0 bridgehead atoms. The lowest BCUT2D eigenvalue weighted by Crippen LogP contribution is -2.36. The van der Waals surface area contributed by atoms with Gasteiger partial charge in [0.05, 0.1) is 11.8 Å². The van der Waals surface area contributed by atoms with Crippen molar-refractivity contribution in [3.05, 3.63) is 60.5 Å². The number of aromatic hydroxyl groups is 1. The largest absolute Gasteiger partial charge is 0.507 e. The van der Waals surface area contributed by atoms with Crippen LogP contribution in [-0.4, -0.2) is 40.3 Å². The summed E-state index contributed by atoms with van der Waals surface area (Å²) in [4.78, 5) is 17.8. The average molecular weight is 421 g/mol. The first-order valence-electron chi connectivity index (χ1n) is 10.2. The van der Waals surface area contributed by atoms with E-state index in [-0.39, 0.29) is 23.4 Å². The SMILES string of the molecule is CC(=O)Nc1ccc(-c2cccc(-c3ccnc(N4CCC(O)CC4)c3)c2O)cc1F. The first-order chi connectivity index (χ1) is 14.9. The van der Waals surface area contributed by atoms with Crippen molar-refractivity contribution in [1.29, 1.82) is 0 Å². The van der Waals surface area contributed by atoms with E-state index in [1.54, 1.807) is 30.5 Å². The third kappa shape index (κ3) is 4.51. The van der Waals surface area contributed by atoms with Crippen molar-refractivity contribution in [3.63, 3.8) is 0 Å². The number of aliphatic hydroxyl groups is 1. The molecule has 0 saturated carbocycles. The first kappa shape index (κ1) is 20.8. The second kappa shape index (κ2) is 8.73. The van der Waals surface area contributed by atoms with Crippen LogP contribution in [0.5, 0.6) is 5.75 Å². The first-order valence-corrected chi connectivity index (χ1v) is 10.2. The van der Waals surface area contributed by atoms with E-state index in [1.165, 1.54) is 19.1 Å². The van der Waals surface area contributed by atoms with Gasteiger partial charge in [0.15, 0.2) is 0 Å². The lowest BCUT2D eigenvalue weighted by atomic mass is 9.97. The molecule has 160 valence electrons. The summed E-state index contributed by atoms with van der Waals surface area (Å²) in [6.07, 6.45) is 2.83. The maximum absolute atomic E-state index is 14.4. The van der Waals surface area contributed by atoms with Gasteiger partial charge in [0, 0.05) is 37.3 Å². The molecule has 1 saturated heterocycles. The number of phenols is 1. The maximum atomic E-state index is 14.4. The van der Waals surface area contributed by atoms with Gasteiger partial charge in [-0.15, -0.1) is 0 Å². The van der Waals surface area contributed by atoms with Gasteiger partial charge in [-0.25, -0.2) is 9.37 Å². The summed E-state index contributed by atoms with van der Waals surface area (Å²) in [5.41, 5.74) is 2.50. The molecule has 3 aromatic rings. The molecule has 7 heteroatoms. The molecule has 1 fully saturated rings. The minimum Gasteiger partial charge on any atom is -0.507 e. The molecule has 0 unspecified atom stereocenters. The summed E-state index contributed by atoms with van der Waals surface area (Å²) in [7, 11) is 0. The lowest BCUT2D eigenvalue weighted by Gasteiger charge is -2.30. The Hall–Kier alpha value is -3.45. The maximum Gasteiger partial charge on any atom is 0.221 e. The standard InChI is InChI=1S/C24H24FN3O3/c1-15(29)27-22-6-5-16(13-21(22)25)19-3-2-4-20(24(19)31)17-7-10-26-23(14-17)28-11-8-18(30)9-12-28/h2-7,10,13-14,18,30-31H,8-9,11-12H2,1H3,(H,27,29). The highest BCUT2D eigenvalue weighted by Gasteiger charge is 2.19. The number of nitrogens with zero attached hydrogens (tertiary/aromatic N) is 2. The van der Waals surface area contributed by atoms with Crippen molar-refractivity contribution in [3.8, 4) is 28.0 Å². The quantitative estimate of drug-likeness (QED) is 0.588. The van der Waals surface area contributed by atoms with Gasteiger partial charge < -0.3 is 20.4 Å². The molecule has 0 aliphatic carbocycles. The Labute approximate surface area is 180 Å². The number of halogens is 1. The van der Waals surface area contributed by atoms with Crippen LogP contribution < -0.4 is 10.2 Å². The van der Waals surface area contributed by atoms with Gasteiger partial charge in [0.1, 0.15) is 17.4 Å². The number of phenolic OH excluding ortho intramolecular Hbond substituents is 1. The molecule has 0 atom stereocenters. The van der Waals surface area contributed by atoms with Gasteiger partial charge in [0.2, 0.25) is 5.91 Å². The average Bonchev–Trinajstić information content (AvgIpc) is 2.76. The number of aromatic nitrogens is 1. The fourth-order valence-electron chi connectivity index (χ4n) is 3.84. The number of pyridine rings is 1. The number of amides is 1. The number of aliphatic hydroxyl groups excluding tert-OH is 1. The van der Waals surface area contributed by atoms with Crippen LogP contribution >= 0.6 is 0 Å². The van der Waals surface area contributed by atoms with E-state index in [2.05, 4.69) is 15.2 Å². The van der Waals surface area contributed by atoms with Crippen LogP contribution in [0, 0.1) is 5.82 Å². The fraction of sp³-hybridized carbons (Fsp3) is 0.250. The Kier molecular flexibility index (Phi) is 5.86. The zero-order valence-electron chi connectivity index (χ0n) is 17.2. The number of carbonyl (C=O) groups excluding carboxylic acids is 1. The molecule has 1 aliphatic heterocycles. The van der Waals surface area contributed by atoms with Crippen LogP contribution in [0.2, 0.25) is 0 Å². The van der Waals surface area contributed by atoms with Crippen molar-refractivity contribution in [2.24, 2.45) is 0 Å². The molecular formula is C24H24FN3O3. The van der Waals surface area contributed by atoms with Crippen LogP contribution in [0.15, 0.2) is 54.7 Å². The van der Waals surface area contributed by atoms with Crippen LogP contribution in [-0.2, 0) is 4.79 Å². The van der Waals surface area contributed by atoms with Gasteiger partial charge >= 0.3 is 0 Å². The Morgan fingerprint density at radius 1 is 1.10 bits per heavy atom. The second-order valence-corrected chi connectivity index (χ2v) is 7.70. The fourth-order valence-corrected chi connectivity index (χ4v) is 3.84. The van der Waals surface area contributed by atoms with E-state index < -0.39 is 5.82 Å². The number of piperidine rings is 1. The number of rotatable bonds is 4. The number of nitrogens with one attached hydrogen (secondary N) is 1. The summed E-state index contributed by atoms with van der Waals surface area (Å²) < 4.78 is 14.4. The molecule has 3 N–H and O–H groups in total. The third-order valence-corrected chi connectivity index (χ3v) is 5.47. The minimum absolute atomic E-state index is 0.0420. The van der Waals surface area contributed by atoms with E-state index in [1.807, 2.05) is 12.1 Å². The van der Waals surface area contributed by atoms with Crippen LogP contribution in [0.3, 0.4) is 0 Å². The molecule has 4 rings (SSSR count). The van der Waals surface area contributed by atoms with Gasteiger partial charge in [-0.05, 0) is 48.2 Å². The third-order valence-electron chi connectivity index (χ3n) is 5.47.